The van der Waals surface area contributed by atoms with Crippen LogP contribution in [0.1, 0.15) is 10.4 Å². The number of rotatable bonds is 6. The van der Waals surface area contributed by atoms with E-state index in [0.717, 1.165) is 24.7 Å². The number of nitrogens with two attached hydrogens (primary N) is 1. The van der Waals surface area contributed by atoms with E-state index in [9.17, 15) is 4.79 Å². The first-order valence-electron chi connectivity index (χ1n) is 5.73. The van der Waals surface area contributed by atoms with Crippen molar-refractivity contribution < 1.29 is 14.3 Å². The highest BCUT2D eigenvalue weighted by Gasteiger charge is 2.17. The molecular formula is C12H16N2O3S. The Bertz CT molecular complexity index is 393. The van der Waals surface area contributed by atoms with Gasteiger partial charge in [0.05, 0.1) is 25.1 Å². The molecule has 1 aliphatic heterocycles. The zero-order valence-electron chi connectivity index (χ0n) is 9.93. The van der Waals surface area contributed by atoms with Crippen LogP contribution < -0.4 is 16.0 Å². The third kappa shape index (κ3) is 3.63. The van der Waals surface area contributed by atoms with Gasteiger partial charge in [-0.2, -0.15) is 11.8 Å². The third-order valence-electron chi connectivity index (χ3n) is 2.56. The lowest BCUT2D eigenvalue weighted by molar-refractivity contribution is 0.0454. The van der Waals surface area contributed by atoms with Crippen molar-refractivity contribution in [3.05, 3.63) is 29.8 Å². The van der Waals surface area contributed by atoms with Crippen LogP contribution in [0.4, 0.5) is 0 Å². The van der Waals surface area contributed by atoms with Gasteiger partial charge in [0.15, 0.2) is 0 Å². The molecule has 1 aliphatic rings. The average molecular weight is 268 g/mol. The van der Waals surface area contributed by atoms with Gasteiger partial charge in [-0.25, -0.2) is 5.84 Å². The van der Waals surface area contributed by atoms with Crippen LogP contribution in [0.3, 0.4) is 0 Å². The van der Waals surface area contributed by atoms with Gasteiger partial charge in [-0.1, -0.05) is 0 Å². The first kappa shape index (κ1) is 13.2. The summed E-state index contributed by atoms with van der Waals surface area (Å²) in [6.45, 7) is 2.37. The molecule has 1 aromatic rings. The molecule has 3 N–H and O–H groups in total. The second-order valence-electron chi connectivity index (χ2n) is 3.88. The standard InChI is InChI=1S/C12H16N2O3S/c13-14-12(15)9-1-3-10(4-2-9)17-5-6-18-11-7-16-8-11/h1-4,11H,5-8,13H2,(H,14,15). The molecule has 1 amide bonds. The van der Waals surface area contributed by atoms with Gasteiger partial charge in [-0.3, -0.25) is 10.2 Å². The monoisotopic (exact) mass is 268 g/mol. The Morgan fingerprint density at radius 1 is 1.44 bits per heavy atom. The molecule has 5 nitrogen and oxygen atoms in total. The predicted octanol–water partition coefficient (Wildman–Crippen LogP) is 0.801. The smallest absolute Gasteiger partial charge is 0.265 e. The van der Waals surface area contributed by atoms with Crippen molar-refractivity contribution >= 4 is 17.7 Å². The molecule has 6 heteroatoms. The molecular weight excluding hydrogens is 252 g/mol. The zero-order chi connectivity index (χ0) is 12.8. The lowest BCUT2D eigenvalue weighted by Crippen LogP contribution is -2.31. The first-order valence-corrected chi connectivity index (χ1v) is 6.77. The molecule has 0 aliphatic carbocycles. The Hall–Kier alpha value is -1.24. The van der Waals surface area contributed by atoms with Crippen molar-refractivity contribution in [3.8, 4) is 5.75 Å². The van der Waals surface area contributed by atoms with E-state index < -0.39 is 0 Å². The van der Waals surface area contributed by atoms with E-state index in [0.29, 0.717) is 17.4 Å². The Kier molecular flexibility index (Phi) is 4.86. The van der Waals surface area contributed by atoms with Crippen LogP contribution in [0.25, 0.3) is 0 Å². The maximum Gasteiger partial charge on any atom is 0.265 e. The number of carbonyl (C=O) groups excluding carboxylic acids is 1. The molecule has 0 saturated carbocycles. The van der Waals surface area contributed by atoms with Crippen LogP contribution in [0.2, 0.25) is 0 Å². The van der Waals surface area contributed by atoms with Gasteiger partial charge in [0.2, 0.25) is 0 Å². The fourth-order valence-electron chi connectivity index (χ4n) is 1.47. The Labute approximate surface area is 110 Å². The predicted molar refractivity (Wildman–Crippen MR) is 70.7 cm³/mol. The van der Waals surface area contributed by atoms with Crippen LogP contribution in [0.5, 0.6) is 5.75 Å². The number of benzene rings is 1. The van der Waals surface area contributed by atoms with E-state index in [1.54, 1.807) is 24.3 Å². The van der Waals surface area contributed by atoms with Crippen molar-refractivity contribution in [3.63, 3.8) is 0 Å². The van der Waals surface area contributed by atoms with Crippen LogP contribution in [-0.2, 0) is 4.74 Å². The number of nitrogens with one attached hydrogen (secondary N) is 1. The Balaban J connectivity index is 1.70. The second-order valence-corrected chi connectivity index (χ2v) is 5.28. The molecule has 2 rings (SSSR count). The fourth-order valence-corrected chi connectivity index (χ4v) is 2.37. The van der Waals surface area contributed by atoms with Crippen molar-refractivity contribution in [1.29, 1.82) is 0 Å². The van der Waals surface area contributed by atoms with E-state index >= 15 is 0 Å². The molecule has 0 atom stereocenters. The van der Waals surface area contributed by atoms with Gasteiger partial charge in [0.1, 0.15) is 5.75 Å². The average Bonchev–Trinajstić information content (AvgIpc) is 2.36. The molecule has 0 radical (unpaired) electrons. The SMILES string of the molecule is NNC(=O)c1ccc(OCCSC2COC2)cc1. The number of carbonyl (C=O) groups is 1. The number of hydrazine groups is 1. The second kappa shape index (κ2) is 6.63. The van der Waals surface area contributed by atoms with Crippen molar-refractivity contribution in [2.24, 2.45) is 5.84 Å². The number of thioether (sulfide) groups is 1. The summed E-state index contributed by atoms with van der Waals surface area (Å²) in [4.78, 5) is 11.2. The largest absolute Gasteiger partial charge is 0.493 e. The van der Waals surface area contributed by atoms with Gasteiger partial charge in [-0.15, -0.1) is 0 Å². The number of amides is 1. The van der Waals surface area contributed by atoms with E-state index in [4.69, 9.17) is 15.3 Å². The summed E-state index contributed by atoms with van der Waals surface area (Å²) in [5.74, 6) is 6.44. The maximum atomic E-state index is 11.2. The summed E-state index contributed by atoms with van der Waals surface area (Å²) >= 11 is 1.86. The third-order valence-corrected chi connectivity index (χ3v) is 3.71. The van der Waals surface area contributed by atoms with Crippen molar-refractivity contribution in [2.75, 3.05) is 25.6 Å². The van der Waals surface area contributed by atoms with Gasteiger partial charge in [0, 0.05) is 11.3 Å². The highest BCUT2D eigenvalue weighted by atomic mass is 32.2. The highest BCUT2D eigenvalue weighted by molar-refractivity contribution is 8.00. The van der Waals surface area contributed by atoms with E-state index in [1.165, 1.54) is 0 Å². The topological polar surface area (TPSA) is 73.6 Å². The summed E-state index contributed by atoms with van der Waals surface area (Å²) in [6, 6.07) is 6.90. The lowest BCUT2D eigenvalue weighted by Gasteiger charge is -2.25. The van der Waals surface area contributed by atoms with Gasteiger partial charge >= 0.3 is 0 Å². The summed E-state index contributed by atoms with van der Waals surface area (Å²) in [6.07, 6.45) is 0. The maximum absolute atomic E-state index is 11.2. The minimum atomic E-state index is -0.304. The van der Waals surface area contributed by atoms with E-state index in [2.05, 4.69) is 5.43 Å². The van der Waals surface area contributed by atoms with Crippen molar-refractivity contribution in [2.45, 2.75) is 5.25 Å². The molecule has 98 valence electrons. The number of hydrogen-bond acceptors (Lipinski definition) is 5. The summed E-state index contributed by atoms with van der Waals surface area (Å²) < 4.78 is 10.7. The zero-order valence-corrected chi connectivity index (χ0v) is 10.7. The van der Waals surface area contributed by atoms with E-state index in [1.807, 2.05) is 11.8 Å². The fraction of sp³-hybridized carbons (Fsp3) is 0.417. The lowest BCUT2D eigenvalue weighted by atomic mass is 10.2. The van der Waals surface area contributed by atoms with Crippen LogP contribution >= 0.6 is 11.8 Å². The molecule has 0 spiro atoms. The van der Waals surface area contributed by atoms with E-state index in [-0.39, 0.29) is 5.91 Å². The van der Waals surface area contributed by atoms with Gasteiger partial charge < -0.3 is 9.47 Å². The molecule has 1 heterocycles. The molecule has 1 saturated heterocycles. The van der Waals surface area contributed by atoms with Crippen LogP contribution in [0.15, 0.2) is 24.3 Å². The Morgan fingerprint density at radius 3 is 2.72 bits per heavy atom. The summed E-state index contributed by atoms with van der Waals surface area (Å²) in [5, 5.41) is 0.629. The Morgan fingerprint density at radius 2 is 2.17 bits per heavy atom. The van der Waals surface area contributed by atoms with Gasteiger partial charge in [-0.05, 0) is 24.3 Å². The molecule has 1 aromatic carbocycles. The molecule has 1 fully saturated rings. The molecule has 0 aromatic heterocycles. The minimum absolute atomic E-state index is 0.304. The summed E-state index contributed by atoms with van der Waals surface area (Å²) in [7, 11) is 0. The van der Waals surface area contributed by atoms with Crippen LogP contribution in [-0.4, -0.2) is 36.7 Å². The molecule has 18 heavy (non-hydrogen) atoms. The number of hydrogen-bond donors (Lipinski definition) is 2. The quantitative estimate of drug-likeness (QED) is 0.345. The number of ether oxygens (including phenoxy) is 2. The number of nitrogen functional groups attached to an aromatic ring is 1. The highest BCUT2D eigenvalue weighted by Crippen LogP contribution is 2.19. The van der Waals surface area contributed by atoms with Gasteiger partial charge in [0.25, 0.3) is 5.91 Å². The van der Waals surface area contributed by atoms with Crippen molar-refractivity contribution in [1.82, 2.24) is 5.43 Å². The molecule has 0 bridgehead atoms. The first-order chi connectivity index (χ1) is 8.79. The van der Waals surface area contributed by atoms with Crippen LogP contribution in [0, 0.1) is 0 Å². The minimum Gasteiger partial charge on any atom is -0.493 e. The molecule has 0 unspecified atom stereocenters. The summed E-state index contributed by atoms with van der Waals surface area (Å²) in [5.41, 5.74) is 2.60. The normalized spacial score (nSPS) is 14.9.